The zero-order valence-corrected chi connectivity index (χ0v) is 20.0. The van der Waals surface area contributed by atoms with Crippen LogP contribution in [-0.2, 0) is 21.2 Å². The monoisotopic (exact) mass is 492 g/mol. The maximum absolute atomic E-state index is 13.1. The van der Waals surface area contributed by atoms with Crippen LogP contribution in [0, 0.1) is 0 Å². The Bertz CT molecular complexity index is 1240. The van der Waals surface area contributed by atoms with E-state index in [9.17, 15) is 18.0 Å². The van der Waals surface area contributed by atoms with Gasteiger partial charge in [0.25, 0.3) is 5.91 Å². The zero-order chi connectivity index (χ0) is 24.7. The molecule has 0 aliphatic heterocycles. The van der Waals surface area contributed by atoms with E-state index in [1.807, 2.05) is 30.3 Å². The number of hydrogen-bond acceptors (Lipinski definition) is 5. The molecule has 182 valence electrons. The number of pyridine rings is 1. The normalized spacial score (nSPS) is 14.9. The summed E-state index contributed by atoms with van der Waals surface area (Å²) in [7, 11) is -3.62. The molecular weight excluding hydrogens is 464 g/mol. The third-order valence-electron chi connectivity index (χ3n) is 5.91. The number of aromatic nitrogens is 1. The second kappa shape index (κ2) is 11.2. The van der Waals surface area contributed by atoms with Crippen LogP contribution in [0.2, 0.25) is 0 Å². The molecule has 1 heterocycles. The van der Waals surface area contributed by atoms with Crippen molar-refractivity contribution in [1.29, 1.82) is 0 Å². The van der Waals surface area contributed by atoms with Crippen molar-refractivity contribution in [2.24, 2.45) is 0 Å². The van der Waals surface area contributed by atoms with E-state index in [2.05, 4.69) is 20.3 Å². The molecule has 2 aromatic carbocycles. The lowest BCUT2D eigenvalue weighted by Gasteiger charge is -2.19. The number of anilines is 1. The number of nitrogens with one attached hydrogen (secondary N) is 3. The lowest BCUT2D eigenvalue weighted by Crippen LogP contribution is -2.45. The van der Waals surface area contributed by atoms with Crippen LogP contribution in [0.4, 0.5) is 5.69 Å². The number of nitrogens with zero attached hydrogens (tertiary/aromatic N) is 1. The highest BCUT2D eigenvalue weighted by Crippen LogP contribution is 2.21. The quantitative estimate of drug-likeness (QED) is 0.424. The molecule has 35 heavy (non-hydrogen) atoms. The molecule has 3 aromatic rings. The molecule has 2 amide bonds. The predicted octanol–water partition coefficient (Wildman–Crippen LogP) is 3.28. The standard InChI is InChI=1S/C26H28N4O4S/c31-25(23-12-6-7-17-27-23)29-24(18-19-8-2-1-3-9-19)26(32)28-20-13-15-22(16-14-20)35(33,34)30-21-10-4-5-11-21/h1-3,6-9,12-17,21,24,30H,4-5,10-11,18H2,(H,28,32)(H,29,31)/t24-/m0/s1. The summed E-state index contributed by atoms with van der Waals surface area (Å²) in [5.74, 6) is -0.876. The van der Waals surface area contributed by atoms with Gasteiger partial charge >= 0.3 is 0 Å². The molecule has 1 saturated carbocycles. The van der Waals surface area contributed by atoms with Crippen LogP contribution in [0.3, 0.4) is 0 Å². The van der Waals surface area contributed by atoms with Crippen LogP contribution >= 0.6 is 0 Å². The number of carbonyl (C=O) groups is 2. The largest absolute Gasteiger partial charge is 0.339 e. The van der Waals surface area contributed by atoms with Crippen molar-refractivity contribution < 1.29 is 18.0 Å². The van der Waals surface area contributed by atoms with Crippen molar-refractivity contribution in [2.45, 2.75) is 49.1 Å². The Kier molecular flexibility index (Phi) is 7.89. The number of sulfonamides is 1. The van der Waals surface area contributed by atoms with Gasteiger partial charge in [0, 0.05) is 24.3 Å². The Morgan fingerprint density at radius 2 is 1.60 bits per heavy atom. The summed E-state index contributed by atoms with van der Waals surface area (Å²) < 4.78 is 28.0. The molecule has 0 spiro atoms. The summed E-state index contributed by atoms with van der Waals surface area (Å²) in [6, 6.07) is 19.5. The number of benzene rings is 2. The molecule has 8 nitrogen and oxygen atoms in total. The van der Waals surface area contributed by atoms with Gasteiger partial charge in [-0.2, -0.15) is 0 Å². The summed E-state index contributed by atoms with van der Waals surface area (Å²) in [5.41, 5.74) is 1.52. The number of amides is 2. The van der Waals surface area contributed by atoms with Gasteiger partial charge in [0.05, 0.1) is 4.90 Å². The molecule has 1 aliphatic rings. The topological polar surface area (TPSA) is 117 Å². The highest BCUT2D eigenvalue weighted by atomic mass is 32.2. The van der Waals surface area contributed by atoms with Gasteiger partial charge in [0.2, 0.25) is 15.9 Å². The molecule has 0 bridgehead atoms. The van der Waals surface area contributed by atoms with Gasteiger partial charge in [0.15, 0.2) is 0 Å². The lowest BCUT2D eigenvalue weighted by molar-refractivity contribution is -0.118. The Morgan fingerprint density at radius 3 is 2.26 bits per heavy atom. The first kappa shape index (κ1) is 24.6. The highest BCUT2D eigenvalue weighted by molar-refractivity contribution is 7.89. The fourth-order valence-corrected chi connectivity index (χ4v) is 5.37. The molecule has 1 aromatic heterocycles. The smallest absolute Gasteiger partial charge is 0.270 e. The molecular formula is C26H28N4O4S. The van der Waals surface area contributed by atoms with E-state index in [0.29, 0.717) is 5.69 Å². The first-order valence-electron chi connectivity index (χ1n) is 11.6. The summed E-state index contributed by atoms with van der Waals surface area (Å²) in [6.45, 7) is 0. The van der Waals surface area contributed by atoms with E-state index in [4.69, 9.17) is 0 Å². The van der Waals surface area contributed by atoms with Crippen LogP contribution < -0.4 is 15.4 Å². The second-order valence-electron chi connectivity index (χ2n) is 8.55. The summed E-state index contributed by atoms with van der Waals surface area (Å²) in [5, 5.41) is 5.54. The Balaban J connectivity index is 1.46. The number of rotatable bonds is 9. The maximum Gasteiger partial charge on any atom is 0.270 e. The van der Waals surface area contributed by atoms with E-state index < -0.39 is 27.9 Å². The summed E-state index contributed by atoms with van der Waals surface area (Å²) in [4.78, 5) is 30.0. The summed E-state index contributed by atoms with van der Waals surface area (Å²) >= 11 is 0. The summed E-state index contributed by atoms with van der Waals surface area (Å²) in [6.07, 6.45) is 5.54. The van der Waals surface area contributed by atoms with Crippen molar-refractivity contribution in [1.82, 2.24) is 15.0 Å². The minimum Gasteiger partial charge on any atom is -0.339 e. The van der Waals surface area contributed by atoms with Crippen LogP contribution in [-0.4, -0.2) is 37.3 Å². The molecule has 0 unspecified atom stereocenters. The van der Waals surface area contributed by atoms with Gasteiger partial charge in [-0.15, -0.1) is 0 Å². The van der Waals surface area contributed by atoms with Crippen molar-refractivity contribution in [2.75, 3.05) is 5.32 Å². The van der Waals surface area contributed by atoms with Gasteiger partial charge in [0.1, 0.15) is 11.7 Å². The van der Waals surface area contributed by atoms with Crippen molar-refractivity contribution in [3.8, 4) is 0 Å². The van der Waals surface area contributed by atoms with E-state index in [1.165, 1.54) is 18.3 Å². The van der Waals surface area contributed by atoms with Gasteiger partial charge in [-0.3, -0.25) is 14.6 Å². The maximum atomic E-state index is 13.1. The Hall–Kier alpha value is -3.56. The average Bonchev–Trinajstić information content (AvgIpc) is 3.37. The van der Waals surface area contributed by atoms with E-state index >= 15 is 0 Å². The van der Waals surface area contributed by atoms with Crippen LogP contribution in [0.25, 0.3) is 0 Å². The Morgan fingerprint density at radius 1 is 0.914 bits per heavy atom. The minimum atomic E-state index is -3.62. The van der Waals surface area contributed by atoms with E-state index in [0.717, 1.165) is 31.2 Å². The third kappa shape index (κ3) is 6.74. The van der Waals surface area contributed by atoms with Crippen molar-refractivity contribution in [3.63, 3.8) is 0 Å². The molecule has 4 rings (SSSR count). The van der Waals surface area contributed by atoms with E-state index in [1.54, 1.807) is 30.3 Å². The van der Waals surface area contributed by atoms with Gasteiger partial charge in [-0.25, -0.2) is 13.1 Å². The second-order valence-corrected chi connectivity index (χ2v) is 10.3. The first-order valence-corrected chi connectivity index (χ1v) is 13.1. The zero-order valence-electron chi connectivity index (χ0n) is 19.2. The molecule has 1 aliphatic carbocycles. The lowest BCUT2D eigenvalue weighted by atomic mass is 10.0. The van der Waals surface area contributed by atoms with Gasteiger partial charge in [-0.1, -0.05) is 49.2 Å². The fourth-order valence-electron chi connectivity index (χ4n) is 4.07. The molecule has 1 fully saturated rings. The molecule has 9 heteroatoms. The molecule has 3 N–H and O–H groups in total. The fraction of sp³-hybridized carbons (Fsp3) is 0.269. The first-order chi connectivity index (χ1) is 16.9. The highest BCUT2D eigenvalue weighted by Gasteiger charge is 2.24. The third-order valence-corrected chi connectivity index (χ3v) is 7.45. The molecule has 0 saturated heterocycles. The van der Waals surface area contributed by atoms with Crippen LogP contribution in [0.15, 0.2) is 83.9 Å². The van der Waals surface area contributed by atoms with Gasteiger partial charge in [-0.05, 0) is 54.8 Å². The van der Waals surface area contributed by atoms with Crippen molar-refractivity contribution >= 4 is 27.5 Å². The van der Waals surface area contributed by atoms with Crippen LogP contribution in [0.5, 0.6) is 0 Å². The number of hydrogen-bond donors (Lipinski definition) is 3. The van der Waals surface area contributed by atoms with Gasteiger partial charge < -0.3 is 10.6 Å². The van der Waals surface area contributed by atoms with Crippen LogP contribution in [0.1, 0.15) is 41.7 Å². The Labute approximate surface area is 205 Å². The molecule has 1 atom stereocenters. The van der Waals surface area contributed by atoms with E-state index in [-0.39, 0.29) is 23.1 Å². The average molecular weight is 493 g/mol. The minimum absolute atomic E-state index is 0.0270. The number of carbonyl (C=O) groups excluding carboxylic acids is 2. The SMILES string of the molecule is O=C(N[C@@H](Cc1ccccc1)C(=O)Nc1ccc(S(=O)(=O)NC2CCCC2)cc1)c1ccccn1. The predicted molar refractivity (Wildman–Crippen MR) is 133 cm³/mol. The molecule has 0 radical (unpaired) electrons. The van der Waals surface area contributed by atoms with Crippen molar-refractivity contribution in [3.05, 3.63) is 90.3 Å².